The van der Waals surface area contributed by atoms with Crippen LogP contribution in [0.5, 0.6) is 0 Å². The third-order valence-electron chi connectivity index (χ3n) is 7.05. The average Bonchev–Trinajstić information content (AvgIpc) is 2.95. The highest BCUT2D eigenvalue weighted by Crippen LogP contribution is 2.22. The molecule has 0 rings (SSSR count). The van der Waals surface area contributed by atoms with Gasteiger partial charge in [0.2, 0.25) is 0 Å². The van der Waals surface area contributed by atoms with Crippen LogP contribution >= 0.6 is 0 Å². The third-order valence-corrected chi connectivity index (χ3v) is 9.88. The SMILES string of the molecule is C=C(C)C(=O)OCCOC(=O)NC(C)CCC(C)CCC(C)CCC(C)CNC(=O)OCCC[Si](OC)(OC)OC. The molecule has 240 valence electrons. The molecule has 11 nitrogen and oxygen atoms in total. The first-order valence-corrected chi connectivity index (χ1v) is 16.6. The molecule has 4 atom stereocenters. The molecule has 2 N–H and O–H groups in total. The zero-order valence-corrected chi connectivity index (χ0v) is 27.7. The fourth-order valence-electron chi connectivity index (χ4n) is 4.09. The maximum atomic E-state index is 12.0. The van der Waals surface area contributed by atoms with Crippen LogP contribution in [0.1, 0.15) is 79.6 Å². The molecular weight excluding hydrogens is 548 g/mol. The van der Waals surface area contributed by atoms with Gasteiger partial charge in [-0.1, -0.05) is 46.6 Å². The zero-order chi connectivity index (χ0) is 31.3. The van der Waals surface area contributed by atoms with Crippen molar-refractivity contribution in [3.63, 3.8) is 0 Å². The summed E-state index contributed by atoms with van der Waals surface area (Å²) in [5, 5.41) is 5.67. The lowest BCUT2D eigenvalue weighted by atomic mass is 9.90. The van der Waals surface area contributed by atoms with Gasteiger partial charge in [0.1, 0.15) is 13.2 Å². The topological polar surface area (TPSA) is 131 Å². The molecule has 0 radical (unpaired) electrons. The standard InChI is InChI=1S/C29H56N2O9Si/c1-22(2)27(32)38-18-19-40-29(34)31-26(6)16-15-24(4)12-11-23(3)13-14-25(5)21-30-28(33)39-17-10-20-41(35-7,36-8)37-9/h23-26H,1,10-21H2,2-9H3,(H,30,33)(H,31,34). The Morgan fingerprint density at radius 2 is 1.20 bits per heavy atom. The quantitative estimate of drug-likeness (QED) is 0.0513. The van der Waals surface area contributed by atoms with Crippen molar-refractivity contribution < 1.29 is 41.9 Å². The normalized spacial score (nSPS) is 14.3. The van der Waals surface area contributed by atoms with Crippen molar-refractivity contribution in [1.82, 2.24) is 10.6 Å². The molecule has 0 fully saturated rings. The molecule has 0 aliphatic heterocycles. The van der Waals surface area contributed by atoms with Gasteiger partial charge in [-0.25, -0.2) is 14.4 Å². The first-order chi connectivity index (χ1) is 19.4. The van der Waals surface area contributed by atoms with E-state index in [1.54, 1.807) is 28.3 Å². The van der Waals surface area contributed by atoms with Gasteiger partial charge in [0.25, 0.3) is 0 Å². The second-order valence-corrected chi connectivity index (χ2v) is 14.2. The fraction of sp³-hybridized carbons (Fsp3) is 0.828. The van der Waals surface area contributed by atoms with Crippen molar-refractivity contribution in [1.29, 1.82) is 0 Å². The maximum Gasteiger partial charge on any atom is 0.500 e. The van der Waals surface area contributed by atoms with Gasteiger partial charge in [-0.05, 0) is 57.3 Å². The first kappa shape index (κ1) is 38.8. The van der Waals surface area contributed by atoms with Crippen LogP contribution in [0, 0.1) is 17.8 Å². The Kier molecular flexibility index (Phi) is 21.3. The van der Waals surface area contributed by atoms with Crippen molar-refractivity contribution in [2.45, 2.75) is 91.7 Å². The van der Waals surface area contributed by atoms with Gasteiger partial charge in [-0.15, -0.1) is 0 Å². The molecule has 0 saturated heterocycles. The lowest BCUT2D eigenvalue weighted by Gasteiger charge is -2.24. The molecular formula is C29H56N2O9Si. The minimum absolute atomic E-state index is 0.00291. The number of carbonyl (C=O) groups excluding carboxylic acids is 3. The molecule has 0 aromatic carbocycles. The predicted octanol–water partition coefficient (Wildman–Crippen LogP) is 5.46. The van der Waals surface area contributed by atoms with Crippen LogP contribution in [-0.2, 0) is 32.3 Å². The average molecular weight is 605 g/mol. The molecule has 0 aliphatic carbocycles. The van der Waals surface area contributed by atoms with Crippen LogP contribution in [0.25, 0.3) is 0 Å². The Hall–Kier alpha value is -2.15. The summed E-state index contributed by atoms with van der Waals surface area (Å²) in [5.74, 6) is 1.02. The fourth-order valence-corrected chi connectivity index (χ4v) is 5.78. The minimum Gasteiger partial charge on any atom is -0.459 e. The number of nitrogens with one attached hydrogen (secondary N) is 2. The van der Waals surface area contributed by atoms with Gasteiger partial charge in [0.05, 0.1) is 6.61 Å². The third kappa shape index (κ3) is 19.6. The van der Waals surface area contributed by atoms with E-state index in [0.29, 0.717) is 42.3 Å². The van der Waals surface area contributed by atoms with E-state index in [1.165, 1.54) is 0 Å². The highest BCUT2D eigenvalue weighted by Gasteiger charge is 2.37. The van der Waals surface area contributed by atoms with Crippen LogP contribution in [-0.4, -0.2) is 80.7 Å². The van der Waals surface area contributed by atoms with E-state index in [9.17, 15) is 14.4 Å². The van der Waals surface area contributed by atoms with Gasteiger partial charge in [-0.3, -0.25) is 0 Å². The summed E-state index contributed by atoms with van der Waals surface area (Å²) in [7, 11) is 2.06. The minimum atomic E-state index is -2.63. The maximum absolute atomic E-state index is 12.0. The number of carbonyl (C=O) groups is 3. The number of ether oxygens (including phenoxy) is 3. The number of esters is 1. The second kappa shape index (κ2) is 22.4. The van der Waals surface area contributed by atoms with Crippen LogP contribution in [0.3, 0.4) is 0 Å². The first-order valence-electron chi connectivity index (χ1n) is 14.7. The molecule has 0 aliphatic rings. The van der Waals surface area contributed by atoms with Gasteiger partial charge in [0.15, 0.2) is 0 Å². The number of hydrogen-bond acceptors (Lipinski definition) is 9. The number of hydrogen-bond donors (Lipinski definition) is 2. The van der Waals surface area contributed by atoms with E-state index >= 15 is 0 Å². The number of amides is 2. The van der Waals surface area contributed by atoms with E-state index in [-0.39, 0.29) is 25.9 Å². The largest absolute Gasteiger partial charge is 0.500 e. The molecule has 41 heavy (non-hydrogen) atoms. The van der Waals surface area contributed by atoms with Crippen molar-refractivity contribution in [3.05, 3.63) is 12.2 Å². The molecule has 0 heterocycles. The van der Waals surface area contributed by atoms with E-state index in [0.717, 1.165) is 38.5 Å². The molecule has 0 aromatic heterocycles. The number of alkyl carbamates (subject to hydrolysis) is 2. The van der Waals surface area contributed by atoms with Crippen molar-refractivity contribution >= 4 is 27.0 Å². The number of rotatable bonds is 23. The highest BCUT2D eigenvalue weighted by atomic mass is 28.4. The van der Waals surface area contributed by atoms with Crippen LogP contribution in [0.15, 0.2) is 12.2 Å². The van der Waals surface area contributed by atoms with Crippen molar-refractivity contribution in [2.24, 2.45) is 17.8 Å². The Balaban J connectivity index is 3.94. The lowest BCUT2D eigenvalue weighted by molar-refractivity contribution is -0.139. The van der Waals surface area contributed by atoms with E-state index in [4.69, 9.17) is 27.5 Å². The summed E-state index contributed by atoms with van der Waals surface area (Å²) >= 11 is 0. The molecule has 0 bridgehead atoms. The molecule has 12 heteroatoms. The summed E-state index contributed by atoms with van der Waals surface area (Å²) in [6.45, 7) is 14.6. The Morgan fingerprint density at radius 3 is 1.73 bits per heavy atom. The van der Waals surface area contributed by atoms with Crippen LogP contribution in [0.4, 0.5) is 9.59 Å². The molecule has 4 unspecified atom stereocenters. The second-order valence-electron chi connectivity index (χ2n) is 11.1. The van der Waals surface area contributed by atoms with Crippen LogP contribution in [0.2, 0.25) is 6.04 Å². The smallest absolute Gasteiger partial charge is 0.459 e. The van der Waals surface area contributed by atoms with E-state index in [1.807, 2.05) is 6.92 Å². The van der Waals surface area contributed by atoms with E-state index < -0.39 is 27.0 Å². The Labute approximate surface area is 248 Å². The van der Waals surface area contributed by atoms with Gasteiger partial charge in [0, 0.05) is 45.5 Å². The Morgan fingerprint density at radius 1 is 0.707 bits per heavy atom. The zero-order valence-electron chi connectivity index (χ0n) is 26.7. The summed E-state index contributed by atoms with van der Waals surface area (Å²) in [4.78, 5) is 35.2. The Bertz CT molecular complexity index is 756. The summed E-state index contributed by atoms with van der Waals surface area (Å²) < 4.78 is 31.3. The highest BCUT2D eigenvalue weighted by molar-refractivity contribution is 6.60. The van der Waals surface area contributed by atoms with Crippen molar-refractivity contribution in [2.75, 3.05) is 47.7 Å². The molecule has 2 amide bonds. The summed E-state index contributed by atoms with van der Waals surface area (Å²) in [5.41, 5.74) is 0.308. The molecule has 0 saturated carbocycles. The summed E-state index contributed by atoms with van der Waals surface area (Å²) in [6.07, 6.45) is 5.99. The van der Waals surface area contributed by atoms with Crippen molar-refractivity contribution in [3.8, 4) is 0 Å². The molecule has 0 aromatic rings. The van der Waals surface area contributed by atoms with Gasteiger partial charge >= 0.3 is 27.0 Å². The lowest BCUT2D eigenvalue weighted by Crippen LogP contribution is -2.42. The van der Waals surface area contributed by atoms with Crippen LogP contribution < -0.4 is 10.6 Å². The van der Waals surface area contributed by atoms with Gasteiger partial charge < -0.3 is 38.1 Å². The molecule has 0 spiro atoms. The monoisotopic (exact) mass is 604 g/mol. The summed E-state index contributed by atoms with van der Waals surface area (Å²) in [6, 6.07) is 0.579. The van der Waals surface area contributed by atoms with Gasteiger partial charge in [-0.2, -0.15) is 0 Å². The predicted molar refractivity (Wildman–Crippen MR) is 160 cm³/mol. The van der Waals surface area contributed by atoms with E-state index in [2.05, 4.69) is 38.0 Å².